The number of pyridine rings is 1. The largest absolute Gasteiger partial charge is 0.497 e. The molecule has 2 rings (SSSR count). The molecular formula is C20H23N3O4. The van der Waals surface area contributed by atoms with Gasteiger partial charge >= 0.3 is 0 Å². The Morgan fingerprint density at radius 3 is 2.67 bits per heavy atom. The Kier molecular flexibility index (Phi) is 6.61. The second kappa shape index (κ2) is 8.90. The highest BCUT2D eigenvalue weighted by Gasteiger charge is 2.17. The van der Waals surface area contributed by atoms with E-state index in [2.05, 4.69) is 4.99 Å². The molecule has 1 N–H and O–H groups in total. The van der Waals surface area contributed by atoms with E-state index < -0.39 is 5.56 Å². The maximum Gasteiger partial charge on any atom is 0.271 e. The van der Waals surface area contributed by atoms with Gasteiger partial charge in [0.15, 0.2) is 0 Å². The lowest BCUT2D eigenvalue weighted by Crippen LogP contribution is -2.25. The van der Waals surface area contributed by atoms with Gasteiger partial charge in [-0.3, -0.25) is 14.4 Å². The van der Waals surface area contributed by atoms with Crippen molar-refractivity contribution in [1.29, 1.82) is 5.26 Å². The van der Waals surface area contributed by atoms with Crippen molar-refractivity contribution >= 4 is 11.9 Å². The van der Waals surface area contributed by atoms with Gasteiger partial charge in [-0.1, -0.05) is 13.3 Å². The summed E-state index contributed by atoms with van der Waals surface area (Å²) >= 11 is 0. The van der Waals surface area contributed by atoms with E-state index in [1.165, 1.54) is 17.9 Å². The fourth-order valence-corrected chi connectivity index (χ4v) is 2.68. The van der Waals surface area contributed by atoms with Crippen molar-refractivity contribution in [3.8, 4) is 23.4 Å². The number of nitriles is 1. The van der Waals surface area contributed by atoms with Gasteiger partial charge in [0, 0.05) is 18.8 Å². The summed E-state index contributed by atoms with van der Waals surface area (Å²) in [4.78, 5) is 16.8. The summed E-state index contributed by atoms with van der Waals surface area (Å²) in [5, 5.41) is 20.0. The molecule has 0 aliphatic rings. The summed E-state index contributed by atoms with van der Waals surface area (Å²) in [7, 11) is 3.08. The number of ether oxygens (including phenoxy) is 2. The van der Waals surface area contributed by atoms with Gasteiger partial charge in [-0.15, -0.1) is 0 Å². The van der Waals surface area contributed by atoms with E-state index in [0.29, 0.717) is 41.3 Å². The van der Waals surface area contributed by atoms with E-state index in [9.17, 15) is 15.2 Å². The Morgan fingerprint density at radius 2 is 2.07 bits per heavy atom. The zero-order valence-corrected chi connectivity index (χ0v) is 15.9. The molecule has 1 aromatic carbocycles. The average Bonchev–Trinajstić information content (AvgIpc) is 2.68. The Labute approximate surface area is 158 Å². The normalized spacial score (nSPS) is 10.8. The molecular weight excluding hydrogens is 346 g/mol. The van der Waals surface area contributed by atoms with Crippen molar-refractivity contribution in [2.75, 3.05) is 14.2 Å². The number of rotatable bonds is 7. The Hall–Kier alpha value is -3.27. The minimum Gasteiger partial charge on any atom is -0.497 e. The molecule has 0 fully saturated rings. The predicted molar refractivity (Wildman–Crippen MR) is 104 cm³/mol. The van der Waals surface area contributed by atoms with Crippen molar-refractivity contribution in [1.82, 2.24) is 4.57 Å². The molecule has 0 radical (unpaired) electrons. The number of hydrogen-bond donors (Lipinski definition) is 1. The first kappa shape index (κ1) is 20.0. The number of aromatic hydroxyl groups is 1. The van der Waals surface area contributed by atoms with Crippen LogP contribution in [0.4, 0.5) is 5.69 Å². The first-order chi connectivity index (χ1) is 13.0. The standard InChI is InChI=1S/C20H23N3O4/c1-5-6-9-23-19(24)15(11-21)13(2)16(20(23)25)12-22-17-10-14(26-3)7-8-18(17)27-4/h7-8,10,12,25H,5-6,9H2,1-4H3. The zero-order valence-electron chi connectivity index (χ0n) is 15.9. The van der Waals surface area contributed by atoms with E-state index in [4.69, 9.17) is 9.47 Å². The second-order valence-corrected chi connectivity index (χ2v) is 5.96. The van der Waals surface area contributed by atoms with Gasteiger partial charge < -0.3 is 14.6 Å². The topological polar surface area (TPSA) is 96.8 Å². The van der Waals surface area contributed by atoms with E-state index in [-0.39, 0.29) is 11.4 Å². The monoisotopic (exact) mass is 369 g/mol. The third-order valence-electron chi connectivity index (χ3n) is 4.30. The van der Waals surface area contributed by atoms with Crippen LogP contribution in [0, 0.1) is 18.3 Å². The molecule has 0 aliphatic heterocycles. The van der Waals surface area contributed by atoms with Crippen LogP contribution in [0.5, 0.6) is 17.4 Å². The summed E-state index contributed by atoms with van der Waals surface area (Å²) in [6.45, 7) is 3.94. The highest BCUT2D eigenvalue weighted by atomic mass is 16.5. The van der Waals surface area contributed by atoms with Crippen LogP contribution >= 0.6 is 0 Å². The van der Waals surface area contributed by atoms with Crippen LogP contribution in [-0.2, 0) is 6.54 Å². The fourth-order valence-electron chi connectivity index (χ4n) is 2.68. The first-order valence-corrected chi connectivity index (χ1v) is 8.61. The number of aromatic nitrogens is 1. The SMILES string of the molecule is CCCCn1c(O)c(C=Nc2cc(OC)ccc2OC)c(C)c(C#N)c1=O. The predicted octanol–water partition coefficient (Wildman–Crippen LogP) is 3.30. The molecule has 1 heterocycles. The molecule has 0 spiro atoms. The number of hydrogen-bond acceptors (Lipinski definition) is 6. The van der Waals surface area contributed by atoms with E-state index in [1.54, 1.807) is 32.2 Å². The molecule has 1 aromatic heterocycles. The van der Waals surface area contributed by atoms with E-state index in [0.717, 1.165) is 6.42 Å². The molecule has 7 heteroatoms. The van der Waals surface area contributed by atoms with Gasteiger partial charge in [0.05, 0.1) is 19.8 Å². The van der Waals surface area contributed by atoms with Gasteiger partial charge in [-0.2, -0.15) is 5.26 Å². The van der Waals surface area contributed by atoms with Crippen molar-refractivity contribution in [2.24, 2.45) is 4.99 Å². The molecule has 0 bridgehead atoms. The summed E-state index contributed by atoms with van der Waals surface area (Å²) in [5.41, 5.74) is 0.728. The highest BCUT2D eigenvalue weighted by molar-refractivity contribution is 5.88. The molecule has 0 saturated carbocycles. The molecule has 0 atom stereocenters. The molecule has 7 nitrogen and oxygen atoms in total. The molecule has 0 saturated heterocycles. The molecule has 0 aliphatic carbocycles. The van der Waals surface area contributed by atoms with E-state index in [1.807, 2.05) is 13.0 Å². The lowest BCUT2D eigenvalue weighted by molar-refractivity contribution is 0.399. The number of unbranched alkanes of at least 4 members (excludes halogenated alkanes) is 1. The van der Waals surface area contributed by atoms with Gasteiger partial charge in [0.1, 0.15) is 28.8 Å². The van der Waals surface area contributed by atoms with Crippen molar-refractivity contribution in [3.05, 3.63) is 45.2 Å². The zero-order chi connectivity index (χ0) is 20.0. The van der Waals surface area contributed by atoms with Gasteiger partial charge in [0.25, 0.3) is 5.56 Å². The minimum atomic E-state index is -0.489. The van der Waals surface area contributed by atoms with Crippen LogP contribution < -0.4 is 15.0 Å². The smallest absolute Gasteiger partial charge is 0.271 e. The van der Waals surface area contributed by atoms with Gasteiger partial charge in [0.2, 0.25) is 5.88 Å². The van der Waals surface area contributed by atoms with Crippen LogP contribution in [-0.4, -0.2) is 30.1 Å². The lowest BCUT2D eigenvalue weighted by atomic mass is 10.1. The summed E-state index contributed by atoms with van der Waals surface area (Å²) in [6, 6.07) is 7.10. The molecule has 2 aromatic rings. The van der Waals surface area contributed by atoms with E-state index >= 15 is 0 Å². The van der Waals surface area contributed by atoms with Crippen molar-refractivity contribution in [2.45, 2.75) is 33.2 Å². The molecule has 0 amide bonds. The van der Waals surface area contributed by atoms with Crippen LogP contribution in [0.1, 0.15) is 36.5 Å². The van der Waals surface area contributed by atoms with Crippen LogP contribution in [0.2, 0.25) is 0 Å². The quantitative estimate of drug-likeness (QED) is 0.755. The maximum atomic E-state index is 12.5. The van der Waals surface area contributed by atoms with Crippen LogP contribution in [0.25, 0.3) is 0 Å². The summed E-state index contributed by atoms with van der Waals surface area (Å²) in [5.74, 6) is 0.939. The van der Waals surface area contributed by atoms with Crippen LogP contribution in [0.3, 0.4) is 0 Å². The molecule has 0 unspecified atom stereocenters. The molecule has 27 heavy (non-hydrogen) atoms. The van der Waals surface area contributed by atoms with Gasteiger partial charge in [-0.25, -0.2) is 0 Å². The van der Waals surface area contributed by atoms with Crippen molar-refractivity contribution in [3.63, 3.8) is 0 Å². The summed E-state index contributed by atoms with van der Waals surface area (Å²) < 4.78 is 11.7. The third kappa shape index (κ3) is 4.11. The molecule has 142 valence electrons. The Bertz CT molecular complexity index is 955. The van der Waals surface area contributed by atoms with Crippen molar-refractivity contribution < 1.29 is 14.6 Å². The first-order valence-electron chi connectivity index (χ1n) is 8.61. The number of aliphatic imine (C=N–C) groups is 1. The maximum absolute atomic E-state index is 12.5. The second-order valence-electron chi connectivity index (χ2n) is 5.96. The Balaban J connectivity index is 2.61. The minimum absolute atomic E-state index is 0.00274. The fraction of sp³-hybridized carbons (Fsp3) is 0.350. The number of methoxy groups -OCH3 is 2. The summed E-state index contributed by atoms with van der Waals surface area (Å²) in [6.07, 6.45) is 3.00. The average molecular weight is 369 g/mol. The Morgan fingerprint density at radius 1 is 1.33 bits per heavy atom. The highest BCUT2D eigenvalue weighted by Crippen LogP contribution is 2.32. The lowest BCUT2D eigenvalue weighted by Gasteiger charge is -2.13. The number of benzene rings is 1. The van der Waals surface area contributed by atoms with Gasteiger partial charge in [-0.05, 0) is 31.0 Å². The number of nitrogens with zero attached hydrogens (tertiary/aromatic N) is 3. The van der Waals surface area contributed by atoms with Crippen LogP contribution in [0.15, 0.2) is 28.0 Å². The third-order valence-corrected chi connectivity index (χ3v) is 4.30.